The van der Waals surface area contributed by atoms with Crippen molar-refractivity contribution in [3.63, 3.8) is 0 Å². The summed E-state index contributed by atoms with van der Waals surface area (Å²) in [5, 5.41) is 6.14. The van der Waals surface area contributed by atoms with Crippen LogP contribution < -0.4 is 15.5 Å². The minimum atomic E-state index is -0.610. The van der Waals surface area contributed by atoms with Gasteiger partial charge in [-0.3, -0.25) is 14.4 Å². The Morgan fingerprint density at radius 1 is 0.812 bits per heavy atom. The van der Waals surface area contributed by atoms with Crippen molar-refractivity contribution in [1.29, 1.82) is 0 Å². The zero-order valence-electron chi connectivity index (χ0n) is 16.2. The molecule has 2 N–H and O–H groups in total. The molecule has 1 aliphatic rings. The number of amides is 3. The predicted molar refractivity (Wildman–Crippen MR) is 126 cm³/mol. The van der Waals surface area contributed by atoms with Gasteiger partial charge in [0, 0.05) is 16.3 Å². The highest BCUT2D eigenvalue weighted by Gasteiger charge is 2.38. The number of para-hydroxylation sites is 1. The van der Waals surface area contributed by atoms with Crippen molar-refractivity contribution in [2.45, 2.75) is 0 Å². The van der Waals surface area contributed by atoms with Crippen LogP contribution in [0.2, 0.25) is 10.0 Å². The fraction of sp³-hybridized carbons (Fsp3) is 0. The van der Waals surface area contributed by atoms with Crippen LogP contribution >= 0.6 is 34.8 Å². The molecule has 0 fully saturated rings. The molecule has 6 nitrogen and oxygen atoms in total. The second kappa shape index (κ2) is 9.04. The van der Waals surface area contributed by atoms with Crippen molar-refractivity contribution < 1.29 is 14.4 Å². The van der Waals surface area contributed by atoms with Gasteiger partial charge in [0.1, 0.15) is 10.7 Å². The Morgan fingerprint density at radius 2 is 1.50 bits per heavy atom. The lowest BCUT2D eigenvalue weighted by molar-refractivity contribution is -0.120. The molecule has 0 atom stereocenters. The number of nitrogens with one attached hydrogen (secondary N) is 2. The second-order valence-electron chi connectivity index (χ2n) is 6.75. The number of rotatable bonds is 5. The summed E-state index contributed by atoms with van der Waals surface area (Å²) < 4.78 is 0. The molecule has 9 heteroatoms. The summed E-state index contributed by atoms with van der Waals surface area (Å²) >= 11 is 18.1. The molecule has 0 unspecified atom stereocenters. The van der Waals surface area contributed by atoms with E-state index in [0.717, 1.165) is 4.90 Å². The lowest BCUT2D eigenvalue weighted by atomic mass is 10.2. The number of carbonyl (C=O) groups is 3. The van der Waals surface area contributed by atoms with Gasteiger partial charge in [-0.05, 0) is 54.6 Å². The van der Waals surface area contributed by atoms with Gasteiger partial charge in [-0.1, -0.05) is 53.0 Å². The Kier molecular flexibility index (Phi) is 6.19. The van der Waals surface area contributed by atoms with Gasteiger partial charge in [-0.2, -0.15) is 0 Å². The van der Waals surface area contributed by atoms with Gasteiger partial charge in [0.25, 0.3) is 17.7 Å². The third-order valence-electron chi connectivity index (χ3n) is 4.64. The molecule has 160 valence electrons. The van der Waals surface area contributed by atoms with Crippen LogP contribution in [0.4, 0.5) is 17.1 Å². The molecule has 32 heavy (non-hydrogen) atoms. The van der Waals surface area contributed by atoms with E-state index in [0.29, 0.717) is 32.7 Å². The molecule has 0 aliphatic carbocycles. The molecule has 3 aromatic carbocycles. The third-order valence-corrected chi connectivity index (χ3v) is 5.54. The van der Waals surface area contributed by atoms with E-state index in [2.05, 4.69) is 10.6 Å². The molecule has 0 radical (unpaired) electrons. The van der Waals surface area contributed by atoms with Gasteiger partial charge in [0.15, 0.2) is 0 Å². The zero-order valence-corrected chi connectivity index (χ0v) is 18.5. The first-order valence-corrected chi connectivity index (χ1v) is 10.5. The summed E-state index contributed by atoms with van der Waals surface area (Å²) in [4.78, 5) is 38.8. The Balaban J connectivity index is 1.48. The minimum Gasteiger partial charge on any atom is -0.350 e. The van der Waals surface area contributed by atoms with Gasteiger partial charge in [-0.15, -0.1) is 0 Å². The summed E-state index contributed by atoms with van der Waals surface area (Å²) in [5.74, 6) is -1.55. The van der Waals surface area contributed by atoms with Crippen molar-refractivity contribution in [3.8, 4) is 0 Å². The molecule has 0 bridgehead atoms. The highest BCUT2D eigenvalue weighted by molar-refractivity contribution is 6.53. The fourth-order valence-electron chi connectivity index (χ4n) is 3.06. The summed E-state index contributed by atoms with van der Waals surface area (Å²) in [6, 6.07) is 19.6. The maximum Gasteiger partial charge on any atom is 0.283 e. The van der Waals surface area contributed by atoms with Gasteiger partial charge >= 0.3 is 0 Å². The monoisotopic (exact) mass is 485 g/mol. The largest absolute Gasteiger partial charge is 0.350 e. The van der Waals surface area contributed by atoms with E-state index in [9.17, 15) is 14.4 Å². The maximum atomic E-state index is 12.8. The molecule has 0 aromatic heterocycles. The third kappa shape index (κ3) is 4.34. The van der Waals surface area contributed by atoms with E-state index in [1.165, 1.54) is 6.07 Å². The number of carbonyl (C=O) groups excluding carboxylic acids is 3. The van der Waals surface area contributed by atoms with Crippen LogP contribution in [0.5, 0.6) is 0 Å². The molecule has 1 aliphatic heterocycles. The molecule has 0 saturated carbocycles. The molecule has 4 rings (SSSR count). The predicted octanol–water partition coefficient (Wildman–Crippen LogP) is 5.68. The van der Waals surface area contributed by atoms with Crippen molar-refractivity contribution >= 4 is 69.6 Å². The number of anilines is 3. The van der Waals surface area contributed by atoms with Crippen LogP contribution in [-0.4, -0.2) is 17.7 Å². The van der Waals surface area contributed by atoms with Crippen LogP contribution in [0.15, 0.2) is 83.5 Å². The average molecular weight is 487 g/mol. The molecule has 0 saturated heterocycles. The Morgan fingerprint density at radius 3 is 2.16 bits per heavy atom. The van der Waals surface area contributed by atoms with Crippen molar-refractivity contribution in [3.05, 3.63) is 99.1 Å². The number of nitrogens with zero attached hydrogens (tertiary/aromatic N) is 1. The van der Waals surface area contributed by atoms with Crippen LogP contribution in [-0.2, 0) is 9.59 Å². The molecule has 1 heterocycles. The second-order valence-corrected chi connectivity index (χ2v) is 7.97. The number of hydrogen-bond donors (Lipinski definition) is 2. The maximum absolute atomic E-state index is 12.8. The van der Waals surface area contributed by atoms with Crippen LogP contribution in [0.25, 0.3) is 0 Å². The summed E-state index contributed by atoms with van der Waals surface area (Å²) in [6.07, 6.45) is 0. The topological polar surface area (TPSA) is 78.5 Å². The number of halogens is 3. The quantitative estimate of drug-likeness (QED) is 0.455. The summed E-state index contributed by atoms with van der Waals surface area (Å²) in [6.45, 7) is 0. The van der Waals surface area contributed by atoms with E-state index in [4.69, 9.17) is 34.8 Å². The van der Waals surface area contributed by atoms with E-state index >= 15 is 0 Å². The molecular weight excluding hydrogens is 473 g/mol. The zero-order chi connectivity index (χ0) is 22.8. The van der Waals surface area contributed by atoms with E-state index < -0.39 is 11.8 Å². The fourth-order valence-corrected chi connectivity index (χ4v) is 3.73. The van der Waals surface area contributed by atoms with Gasteiger partial charge in [0.05, 0.1) is 16.4 Å². The van der Waals surface area contributed by atoms with Gasteiger partial charge in [0.2, 0.25) is 0 Å². The highest BCUT2D eigenvalue weighted by atomic mass is 35.5. The lowest BCUT2D eigenvalue weighted by Gasteiger charge is -2.15. The Hall–Kier alpha value is -3.32. The van der Waals surface area contributed by atoms with Crippen LogP contribution in [0, 0.1) is 0 Å². The van der Waals surface area contributed by atoms with Crippen molar-refractivity contribution in [2.24, 2.45) is 0 Å². The van der Waals surface area contributed by atoms with E-state index in [-0.39, 0.29) is 16.6 Å². The highest BCUT2D eigenvalue weighted by Crippen LogP contribution is 2.30. The number of hydrogen-bond acceptors (Lipinski definition) is 4. The standard InChI is InChI=1S/C23H14Cl3N3O3/c24-14-8-11-18(17(25)12-14)28-21(30)13-6-9-15(10-7-13)27-20-19(26)22(31)29(23(20)32)16-4-2-1-3-5-16/h1-12,27H,(H,28,30). The molecule has 3 aromatic rings. The SMILES string of the molecule is O=C(Nc1ccc(Cl)cc1Cl)c1ccc(NC2=C(Cl)C(=O)N(c3ccccc3)C2=O)cc1. The Labute approximate surface area is 198 Å². The van der Waals surface area contributed by atoms with Crippen molar-refractivity contribution in [1.82, 2.24) is 0 Å². The minimum absolute atomic E-state index is 0.0364. The van der Waals surface area contributed by atoms with Crippen molar-refractivity contribution in [2.75, 3.05) is 15.5 Å². The average Bonchev–Trinajstić information content (AvgIpc) is 3.00. The molecule has 0 spiro atoms. The normalized spacial score (nSPS) is 13.5. The van der Waals surface area contributed by atoms with Gasteiger partial charge in [-0.25, -0.2) is 4.90 Å². The van der Waals surface area contributed by atoms with Crippen LogP contribution in [0.3, 0.4) is 0 Å². The first-order valence-electron chi connectivity index (χ1n) is 9.32. The van der Waals surface area contributed by atoms with Crippen LogP contribution in [0.1, 0.15) is 10.4 Å². The van der Waals surface area contributed by atoms with Gasteiger partial charge < -0.3 is 10.6 Å². The summed E-state index contributed by atoms with van der Waals surface area (Å²) in [7, 11) is 0. The summed E-state index contributed by atoms with van der Waals surface area (Å²) in [5.41, 5.74) is 1.66. The molecular formula is C23H14Cl3N3O3. The smallest absolute Gasteiger partial charge is 0.283 e. The number of imide groups is 1. The Bertz CT molecular complexity index is 1260. The number of benzene rings is 3. The van der Waals surface area contributed by atoms with E-state index in [1.807, 2.05) is 0 Å². The molecule has 3 amide bonds. The lowest BCUT2D eigenvalue weighted by Crippen LogP contribution is -2.32. The van der Waals surface area contributed by atoms with E-state index in [1.54, 1.807) is 66.7 Å². The first kappa shape index (κ1) is 21.9. The first-order chi connectivity index (χ1) is 15.3.